The van der Waals surface area contributed by atoms with E-state index < -0.39 is 0 Å². The molecule has 0 aliphatic heterocycles. The SMILES string of the molecule is COc1ccc(C(C)(CCCOCc2ccccc2)c2ccc(C(C)=O)cc2)cc1. The lowest BCUT2D eigenvalue weighted by Gasteiger charge is -2.31. The molecule has 156 valence electrons. The summed E-state index contributed by atoms with van der Waals surface area (Å²) in [5.41, 5.74) is 4.16. The van der Waals surface area contributed by atoms with Crippen molar-refractivity contribution in [1.82, 2.24) is 0 Å². The number of ketones is 1. The molecule has 0 spiro atoms. The number of methoxy groups -OCH3 is 1. The third kappa shape index (κ3) is 5.37. The summed E-state index contributed by atoms with van der Waals surface area (Å²) in [6.07, 6.45) is 1.87. The molecule has 0 bridgehead atoms. The third-order valence-electron chi connectivity index (χ3n) is 5.73. The van der Waals surface area contributed by atoms with E-state index >= 15 is 0 Å². The highest BCUT2D eigenvalue weighted by atomic mass is 16.5. The first-order chi connectivity index (χ1) is 14.5. The Balaban J connectivity index is 1.73. The van der Waals surface area contributed by atoms with E-state index in [-0.39, 0.29) is 11.2 Å². The Morgan fingerprint density at radius 3 is 2.03 bits per heavy atom. The van der Waals surface area contributed by atoms with Gasteiger partial charge in [0, 0.05) is 17.6 Å². The van der Waals surface area contributed by atoms with Crippen LogP contribution in [0.15, 0.2) is 78.9 Å². The van der Waals surface area contributed by atoms with Crippen molar-refractivity contribution in [3.8, 4) is 5.75 Å². The molecular weight excluding hydrogens is 372 g/mol. The molecule has 0 heterocycles. The van der Waals surface area contributed by atoms with E-state index in [4.69, 9.17) is 9.47 Å². The fourth-order valence-electron chi connectivity index (χ4n) is 3.78. The van der Waals surface area contributed by atoms with Crippen LogP contribution in [0.1, 0.15) is 53.7 Å². The van der Waals surface area contributed by atoms with Crippen molar-refractivity contribution in [2.45, 2.75) is 38.7 Å². The van der Waals surface area contributed by atoms with Crippen LogP contribution < -0.4 is 4.74 Å². The van der Waals surface area contributed by atoms with Gasteiger partial charge in [0.1, 0.15) is 5.75 Å². The number of hydrogen-bond acceptors (Lipinski definition) is 3. The van der Waals surface area contributed by atoms with Gasteiger partial charge in [-0.15, -0.1) is 0 Å². The van der Waals surface area contributed by atoms with E-state index in [1.54, 1.807) is 14.0 Å². The van der Waals surface area contributed by atoms with Crippen LogP contribution in [0.5, 0.6) is 5.75 Å². The van der Waals surface area contributed by atoms with Crippen molar-refractivity contribution < 1.29 is 14.3 Å². The lowest BCUT2D eigenvalue weighted by Crippen LogP contribution is -2.24. The second kappa shape index (κ2) is 10.2. The lowest BCUT2D eigenvalue weighted by atomic mass is 9.73. The van der Waals surface area contributed by atoms with Gasteiger partial charge in [0.2, 0.25) is 0 Å². The fraction of sp³-hybridized carbons (Fsp3) is 0.296. The monoisotopic (exact) mass is 402 g/mol. The van der Waals surface area contributed by atoms with Crippen LogP contribution in [-0.2, 0) is 16.8 Å². The molecule has 3 aromatic carbocycles. The highest BCUT2D eigenvalue weighted by Crippen LogP contribution is 2.37. The maximum Gasteiger partial charge on any atom is 0.159 e. The zero-order valence-corrected chi connectivity index (χ0v) is 18.1. The van der Waals surface area contributed by atoms with E-state index in [1.807, 2.05) is 42.5 Å². The number of hydrogen-bond donors (Lipinski definition) is 0. The fourth-order valence-corrected chi connectivity index (χ4v) is 3.78. The van der Waals surface area contributed by atoms with E-state index in [9.17, 15) is 4.79 Å². The van der Waals surface area contributed by atoms with E-state index in [0.29, 0.717) is 13.2 Å². The van der Waals surface area contributed by atoms with Gasteiger partial charge in [0.15, 0.2) is 5.78 Å². The van der Waals surface area contributed by atoms with Crippen LogP contribution in [0, 0.1) is 0 Å². The van der Waals surface area contributed by atoms with Crippen LogP contribution in [0.25, 0.3) is 0 Å². The standard InChI is InChI=1S/C27H30O3/c1-21(28)23-10-12-24(13-11-23)27(2,25-14-16-26(29-3)17-15-25)18-7-19-30-20-22-8-5-4-6-9-22/h4-6,8-17H,7,18-20H2,1-3H3. The van der Waals surface area contributed by atoms with Gasteiger partial charge in [-0.25, -0.2) is 0 Å². The average Bonchev–Trinajstić information content (AvgIpc) is 2.79. The van der Waals surface area contributed by atoms with Gasteiger partial charge in [-0.3, -0.25) is 4.79 Å². The Bertz CT molecular complexity index is 930. The molecule has 3 nitrogen and oxygen atoms in total. The lowest BCUT2D eigenvalue weighted by molar-refractivity contribution is 0.101. The van der Waals surface area contributed by atoms with Crippen molar-refractivity contribution in [2.75, 3.05) is 13.7 Å². The Hall–Kier alpha value is -2.91. The first-order valence-corrected chi connectivity index (χ1v) is 10.4. The molecule has 0 radical (unpaired) electrons. The number of benzene rings is 3. The molecule has 0 N–H and O–H groups in total. The first kappa shape index (κ1) is 21.8. The average molecular weight is 403 g/mol. The van der Waals surface area contributed by atoms with Crippen LogP contribution in [-0.4, -0.2) is 19.5 Å². The number of ether oxygens (including phenoxy) is 2. The molecule has 3 rings (SSSR count). The number of carbonyl (C=O) groups excluding carboxylic acids is 1. The van der Waals surface area contributed by atoms with Crippen molar-refractivity contribution in [3.63, 3.8) is 0 Å². The third-order valence-corrected chi connectivity index (χ3v) is 5.73. The van der Waals surface area contributed by atoms with Gasteiger partial charge in [0.05, 0.1) is 13.7 Å². The van der Waals surface area contributed by atoms with Crippen molar-refractivity contribution in [3.05, 3.63) is 101 Å². The van der Waals surface area contributed by atoms with E-state index in [1.165, 1.54) is 16.7 Å². The minimum atomic E-state index is -0.183. The molecule has 3 heteroatoms. The Morgan fingerprint density at radius 2 is 1.47 bits per heavy atom. The molecule has 1 atom stereocenters. The first-order valence-electron chi connectivity index (χ1n) is 10.4. The van der Waals surface area contributed by atoms with Gasteiger partial charge < -0.3 is 9.47 Å². The minimum absolute atomic E-state index is 0.0852. The molecule has 0 amide bonds. The second-order valence-electron chi connectivity index (χ2n) is 7.84. The van der Waals surface area contributed by atoms with Crippen molar-refractivity contribution in [1.29, 1.82) is 0 Å². The second-order valence-corrected chi connectivity index (χ2v) is 7.84. The van der Waals surface area contributed by atoms with Gasteiger partial charge >= 0.3 is 0 Å². The molecule has 0 saturated heterocycles. The summed E-state index contributed by atoms with van der Waals surface area (Å²) in [5, 5.41) is 0. The topological polar surface area (TPSA) is 35.5 Å². The molecule has 0 saturated carbocycles. The summed E-state index contributed by atoms with van der Waals surface area (Å²) in [4.78, 5) is 11.7. The predicted molar refractivity (Wildman–Crippen MR) is 121 cm³/mol. The largest absolute Gasteiger partial charge is 0.497 e. The minimum Gasteiger partial charge on any atom is -0.497 e. The van der Waals surface area contributed by atoms with Crippen LogP contribution in [0.2, 0.25) is 0 Å². The molecule has 0 fully saturated rings. The molecule has 0 aliphatic rings. The molecule has 30 heavy (non-hydrogen) atoms. The van der Waals surface area contributed by atoms with Crippen molar-refractivity contribution >= 4 is 5.78 Å². The van der Waals surface area contributed by atoms with Crippen LogP contribution in [0.4, 0.5) is 0 Å². The highest BCUT2D eigenvalue weighted by Gasteiger charge is 2.28. The van der Waals surface area contributed by atoms with E-state index in [0.717, 1.165) is 24.2 Å². The Labute approximate surface area is 179 Å². The number of rotatable bonds is 10. The van der Waals surface area contributed by atoms with Gasteiger partial charge in [0.25, 0.3) is 0 Å². The summed E-state index contributed by atoms with van der Waals surface area (Å²) in [6, 6.07) is 26.5. The summed E-state index contributed by atoms with van der Waals surface area (Å²) in [5.74, 6) is 0.932. The summed E-state index contributed by atoms with van der Waals surface area (Å²) in [7, 11) is 1.68. The predicted octanol–water partition coefficient (Wildman–Crippen LogP) is 6.20. The summed E-state index contributed by atoms with van der Waals surface area (Å²) < 4.78 is 11.2. The van der Waals surface area contributed by atoms with Gasteiger partial charge in [-0.05, 0) is 48.6 Å². The molecule has 3 aromatic rings. The Morgan fingerprint density at radius 1 is 0.867 bits per heavy atom. The molecule has 1 unspecified atom stereocenters. The van der Waals surface area contributed by atoms with Crippen LogP contribution in [0.3, 0.4) is 0 Å². The molecule has 0 aromatic heterocycles. The maximum atomic E-state index is 11.7. The summed E-state index contributed by atoms with van der Waals surface area (Å²) >= 11 is 0. The van der Waals surface area contributed by atoms with Crippen LogP contribution >= 0.6 is 0 Å². The highest BCUT2D eigenvalue weighted by molar-refractivity contribution is 5.94. The number of carbonyl (C=O) groups is 1. The smallest absolute Gasteiger partial charge is 0.159 e. The zero-order valence-electron chi connectivity index (χ0n) is 18.1. The van der Waals surface area contributed by atoms with Crippen molar-refractivity contribution in [2.24, 2.45) is 0 Å². The molecular formula is C27H30O3. The Kier molecular flexibility index (Phi) is 7.42. The van der Waals surface area contributed by atoms with Gasteiger partial charge in [-0.2, -0.15) is 0 Å². The zero-order chi connectivity index (χ0) is 21.4. The number of Topliss-reactive ketones (excluding diaryl/α,β-unsaturated/α-hetero) is 1. The summed E-state index contributed by atoms with van der Waals surface area (Å²) in [6.45, 7) is 5.19. The normalized spacial score (nSPS) is 12.9. The quantitative estimate of drug-likeness (QED) is 0.299. The molecule has 0 aliphatic carbocycles. The maximum absolute atomic E-state index is 11.7. The van der Waals surface area contributed by atoms with Gasteiger partial charge in [-0.1, -0.05) is 73.7 Å². The van der Waals surface area contributed by atoms with E-state index in [2.05, 4.69) is 43.3 Å².